The molecule has 0 aliphatic heterocycles. The fraction of sp³-hybridized carbons (Fsp3) is 0.133. The molecule has 8 heteroatoms. The SMILES string of the molecule is O=C(O)/C=C/[C@H](Oc1ccccc1)[C@@H](OC(=O)Nc1cccc2ccccc12)c1ccccc1OCCO. The summed E-state index contributed by atoms with van der Waals surface area (Å²) in [6.07, 6.45) is -0.673. The van der Waals surface area contributed by atoms with E-state index in [0.717, 1.165) is 16.8 Å². The number of aliphatic hydroxyl groups is 1. The van der Waals surface area contributed by atoms with Gasteiger partial charge in [-0.1, -0.05) is 72.8 Å². The van der Waals surface area contributed by atoms with Gasteiger partial charge in [0.25, 0.3) is 0 Å². The Kier molecular flexibility index (Phi) is 8.93. The van der Waals surface area contributed by atoms with Gasteiger partial charge in [0, 0.05) is 17.0 Å². The van der Waals surface area contributed by atoms with Crippen molar-refractivity contribution >= 4 is 28.5 Å². The predicted octanol–water partition coefficient (Wildman–Crippen LogP) is 5.59. The van der Waals surface area contributed by atoms with Crippen LogP contribution >= 0.6 is 0 Å². The van der Waals surface area contributed by atoms with Crippen molar-refractivity contribution in [2.45, 2.75) is 12.2 Å². The zero-order valence-corrected chi connectivity index (χ0v) is 20.4. The Hall–Kier alpha value is -4.82. The van der Waals surface area contributed by atoms with Gasteiger partial charge in [-0.3, -0.25) is 5.32 Å². The predicted molar refractivity (Wildman–Crippen MR) is 143 cm³/mol. The second kappa shape index (κ2) is 12.9. The van der Waals surface area contributed by atoms with Crippen LogP contribution in [0.4, 0.5) is 10.5 Å². The number of anilines is 1. The molecule has 0 aliphatic carbocycles. The number of benzene rings is 4. The number of amides is 1. The third kappa shape index (κ3) is 6.89. The van der Waals surface area contributed by atoms with Gasteiger partial charge in [0.05, 0.1) is 12.3 Å². The van der Waals surface area contributed by atoms with Crippen molar-refractivity contribution in [2.24, 2.45) is 0 Å². The monoisotopic (exact) mass is 513 g/mol. The van der Waals surface area contributed by atoms with Crippen molar-refractivity contribution in [1.29, 1.82) is 0 Å². The van der Waals surface area contributed by atoms with Gasteiger partial charge in [0.2, 0.25) is 0 Å². The standard InChI is InChI=1S/C30H27NO7/c32-19-20-36-26-16-7-6-14-24(26)29(27(17-18-28(33)34)37-22-11-2-1-3-12-22)38-30(35)31-25-15-8-10-21-9-4-5-13-23(21)25/h1-18,27,29,32H,19-20H2,(H,31,35)(H,33,34)/b18-17+/t27-,29-/m0/s1. The zero-order chi connectivity index (χ0) is 26.7. The van der Waals surface area contributed by atoms with Crippen LogP contribution in [-0.2, 0) is 9.53 Å². The van der Waals surface area contributed by atoms with Crippen LogP contribution in [0, 0.1) is 0 Å². The number of hydrogen-bond donors (Lipinski definition) is 3. The molecule has 0 aliphatic rings. The average Bonchev–Trinajstić information content (AvgIpc) is 2.94. The van der Waals surface area contributed by atoms with E-state index in [-0.39, 0.29) is 13.2 Å². The number of aliphatic carboxylic acids is 1. The fourth-order valence-corrected chi connectivity index (χ4v) is 3.93. The number of hydrogen-bond acceptors (Lipinski definition) is 6. The second-order valence-corrected chi connectivity index (χ2v) is 8.18. The third-order valence-corrected chi connectivity index (χ3v) is 5.58. The molecular formula is C30H27NO7. The molecule has 0 unspecified atom stereocenters. The first-order chi connectivity index (χ1) is 18.5. The highest BCUT2D eigenvalue weighted by Crippen LogP contribution is 2.34. The number of carbonyl (C=O) groups excluding carboxylic acids is 1. The number of fused-ring (bicyclic) bond motifs is 1. The van der Waals surface area contributed by atoms with Crippen molar-refractivity contribution in [3.05, 3.63) is 115 Å². The maximum Gasteiger partial charge on any atom is 0.412 e. The lowest BCUT2D eigenvalue weighted by Crippen LogP contribution is -2.30. The fourth-order valence-electron chi connectivity index (χ4n) is 3.93. The highest BCUT2D eigenvalue weighted by molar-refractivity contribution is 6.00. The summed E-state index contributed by atoms with van der Waals surface area (Å²) in [5.41, 5.74) is 0.989. The Morgan fingerprint density at radius 3 is 2.37 bits per heavy atom. The lowest BCUT2D eigenvalue weighted by molar-refractivity contribution is -0.131. The van der Waals surface area contributed by atoms with E-state index in [2.05, 4.69) is 5.32 Å². The van der Waals surface area contributed by atoms with Gasteiger partial charge in [-0.15, -0.1) is 0 Å². The number of carbonyl (C=O) groups is 2. The third-order valence-electron chi connectivity index (χ3n) is 5.58. The molecule has 0 fully saturated rings. The van der Waals surface area contributed by atoms with Crippen LogP contribution in [0.2, 0.25) is 0 Å². The largest absolute Gasteiger partial charge is 0.491 e. The summed E-state index contributed by atoms with van der Waals surface area (Å²) in [7, 11) is 0. The van der Waals surface area contributed by atoms with Crippen molar-refractivity contribution in [3.63, 3.8) is 0 Å². The summed E-state index contributed by atoms with van der Waals surface area (Å²) in [4.78, 5) is 24.6. The Bertz CT molecular complexity index is 1400. The first-order valence-corrected chi connectivity index (χ1v) is 12.0. The zero-order valence-electron chi connectivity index (χ0n) is 20.4. The van der Waals surface area contributed by atoms with Gasteiger partial charge in [-0.05, 0) is 35.7 Å². The summed E-state index contributed by atoms with van der Waals surface area (Å²) < 4.78 is 17.7. The highest BCUT2D eigenvalue weighted by atomic mass is 16.6. The van der Waals surface area contributed by atoms with Gasteiger partial charge >= 0.3 is 12.1 Å². The molecular weight excluding hydrogens is 486 g/mol. The van der Waals surface area contributed by atoms with Crippen LogP contribution in [0.25, 0.3) is 10.8 Å². The summed E-state index contributed by atoms with van der Waals surface area (Å²) in [5.74, 6) is -0.380. The first kappa shape index (κ1) is 26.2. The molecule has 38 heavy (non-hydrogen) atoms. The normalized spacial score (nSPS) is 12.6. The minimum atomic E-state index is -1.18. The van der Waals surface area contributed by atoms with Gasteiger partial charge in [0.15, 0.2) is 12.2 Å². The summed E-state index contributed by atoms with van der Waals surface area (Å²) in [6, 6.07) is 28.7. The van der Waals surface area contributed by atoms with E-state index in [1.807, 2.05) is 42.5 Å². The van der Waals surface area contributed by atoms with Crippen molar-refractivity contribution < 1.29 is 34.0 Å². The number of ether oxygens (including phenoxy) is 3. The molecule has 3 N–H and O–H groups in total. The van der Waals surface area contributed by atoms with Crippen molar-refractivity contribution in [1.82, 2.24) is 0 Å². The molecule has 0 saturated carbocycles. The minimum absolute atomic E-state index is 0.0150. The smallest absolute Gasteiger partial charge is 0.412 e. The number of nitrogens with one attached hydrogen (secondary N) is 1. The van der Waals surface area contributed by atoms with Crippen molar-refractivity contribution in [2.75, 3.05) is 18.5 Å². The second-order valence-electron chi connectivity index (χ2n) is 8.18. The number of carboxylic acid groups (broad SMARTS) is 1. The van der Waals surface area contributed by atoms with Gasteiger partial charge in [0.1, 0.15) is 18.1 Å². The molecule has 0 aromatic heterocycles. The molecule has 4 aromatic carbocycles. The molecule has 2 atom stereocenters. The summed E-state index contributed by atoms with van der Waals surface area (Å²) in [5, 5.41) is 23.2. The van der Waals surface area contributed by atoms with Gasteiger partial charge < -0.3 is 24.4 Å². The molecule has 4 aromatic rings. The van der Waals surface area contributed by atoms with Crippen LogP contribution in [0.3, 0.4) is 0 Å². The molecule has 0 heterocycles. The molecule has 0 spiro atoms. The van der Waals surface area contributed by atoms with Crippen LogP contribution in [0.1, 0.15) is 11.7 Å². The maximum absolute atomic E-state index is 13.3. The van der Waals surface area contributed by atoms with E-state index < -0.39 is 24.3 Å². The number of aliphatic hydroxyl groups excluding tert-OH is 1. The van der Waals surface area contributed by atoms with Crippen LogP contribution < -0.4 is 14.8 Å². The molecule has 194 valence electrons. The molecule has 1 amide bonds. The van der Waals surface area contributed by atoms with E-state index in [1.54, 1.807) is 54.6 Å². The molecule has 4 rings (SSSR count). The Labute approximate surface area is 219 Å². The molecule has 8 nitrogen and oxygen atoms in total. The number of carboxylic acids is 1. The molecule has 0 radical (unpaired) electrons. The number of rotatable bonds is 11. The molecule has 0 bridgehead atoms. The van der Waals surface area contributed by atoms with Gasteiger partial charge in [-0.2, -0.15) is 0 Å². The van der Waals surface area contributed by atoms with E-state index >= 15 is 0 Å². The van der Waals surface area contributed by atoms with E-state index in [0.29, 0.717) is 22.7 Å². The number of para-hydroxylation sites is 2. The van der Waals surface area contributed by atoms with E-state index in [9.17, 15) is 19.8 Å². The lowest BCUT2D eigenvalue weighted by atomic mass is 10.0. The topological polar surface area (TPSA) is 114 Å². The van der Waals surface area contributed by atoms with Crippen LogP contribution in [0.5, 0.6) is 11.5 Å². The van der Waals surface area contributed by atoms with Crippen LogP contribution in [0.15, 0.2) is 109 Å². The van der Waals surface area contributed by atoms with E-state index in [4.69, 9.17) is 14.2 Å². The van der Waals surface area contributed by atoms with E-state index in [1.165, 1.54) is 6.08 Å². The van der Waals surface area contributed by atoms with Crippen LogP contribution in [-0.4, -0.2) is 41.6 Å². The summed E-state index contributed by atoms with van der Waals surface area (Å²) >= 11 is 0. The molecule has 0 saturated heterocycles. The quantitative estimate of drug-likeness (QED) is 0.224. The highest BCUT2D eigenvalue weighted by Gasteiger charge is 2.30. The Balaban J connectivity index is 1.71. The maximum atomic E-state index is 13.3. The Morgan fingerprint density at radius 2 is 1.58 bits per heavy atom. The Morgan fingerprint density at radius 1 is 0.868 bits per heavy atom. The average molecular weight is 514 g/mol. The van der Waals surface area contributed by atoms with Crippen molar-refractivity contribution in [3.8, 4) is 11.5 Å². The summed E-state index contributed by atoms with van der Waals surface area (Å²) in [6.45, 7) is -0.203. The first-order valence-electron chi connectivity index (χ1n) is 12.0. The minimum Gasteiger partial charge on any atom is -0.491 e. The lowest BCUT2D eigenvalue weighted by Gasteiger charge is -2.27. The van der Waals surface area contributed by atoms with Gasteiger partial charge in [-0.25, -0.2) is 9.59 Å².